The van der Waals surface area contributed by atoms with Gasteiger partial charge in [-0.3, -0.25) is 0 Å². The quantitative estimate of drug-likeness (QED) is 0.608. The van der Waals surface area contributed by atoms with Crippen LogP contribution in [0.3, 0.4) is 0 Å². The summed E-state index contributed by atoms with van der Waals surface area (Å²) in [7, 11) is 0. The van der Waals surface area contributed by atoms with Gasteiger partial charge >= 0.3 is 0 Å². The van der Waals surface area contributed by atoms with E-state index in [1.807, 2.05) is 13.8 Å². The van der Waals surface area contributed by atoms with Crippen LogP contribution in [0.5, 0.6) is 0 Å². The number of ether oxygens (including phenoxy) is 1. The van der Waals surface area contributed by atoms with Crippen LogP contribution < -0.4 is 0 Å². The molecular weight excluding hydrogens is 152 g/mol. The fourth-order valence-electron chi connectivity index (χ4n) is 2.29. The van der Waals surface area contributed by atoms with E-state index in [2.05, 4.69) is 6.92 Å². The van der Waals surface area contributed by atoms with Gasteiger partial charge in [-0.15, -0.1) is 0 Å². The molecule has 1 saturated heterocycles. The van der Waals surface area contributed by atoms with Crippen LogP contribution in [-0.4, -0.2) is 22.4 Å². The lowest BCUT2D eigenvalue weighted by molar-refractivity contribution is 0.00186. The summed E-state index contributed by atoms with van der Waals surface area (Å²) >= 11 is 0. The van der Waals surface area contributed by atoms with Gasteiger partial charge in [0, 0.05) is 0 Å². The Kier molecular flexibility index (Phi) is 1.59. The first-order chi connectivity index (χ1) is 5.42. The molecule has 0 spiro atoms. The van der Waals surface area contributed by atoms with Gasteiger partial charge in [-0.1, -0.05) is 0 Å². The van der Waals surface area contributed by atoms with Crippen LogP contribution in [0.25, 0.3) is 0 Å². The topological polar surface area (TPSA) is 32.8 Å². The largest absolute Gasteiger partial charge is 0.390 e. The zero-order chi connectivity index (χ0) is 8.98. The van der Waals surface area contributed by atoms with Crippen molar-refractivity contribution in [1.82, 2.24) is 0 Å². The second-order valence-electron chi connectivity index (χ2n) is 5.04. The number of aliphatic hydroxyl groups is 1. The average Bonchev–Trinajstić information content (AvgIpc) is 2.56. The maximum atomic E-state index is 9.81. The molecule has 2 heteroatoms. The van der Waals surface area contributed by atoms with Gasteiger partial charge in [-0.05, 0) is 46.0 Å². The maximum absolute atomic E-state index is 9.81. The van der Waals surface area contributed by atoms with E-state index in [0.29, 0.717) is 12.0 Å². The molecule has 0 aromatic heterocycles. The summed E-state index contributed by atoms with van der Waals surface area (Å²) in [6.45, 7) is 5.99. The first-order valence-electron chi connectivity index (χ1n) is 4.82. The molecule has 0 aromatic rings. The molecule has 1 saturated carbocycles. The standard InChI is InChI=1S/C10H18O2/c1-9(2,11)7-4-5-10(3)8(6-7)12-10/h7-8,11H,4-6H2,1-3H3/t7-,8-,10+/m1/s1. The second kappa shape index (κ2) is 2.24. The number of epoxide rings is 1. The zero-order valence-corrected chi connectivity index (χ0v) is 8.13. The van der Waals surface area contributed by atoms with E-state index in [4.69, 9.17) is 4.74 Å². The minimum absolute atomic E-state index is 0.182. The Morgan fingerprint density at radius 1 is 1.50 bits per heavy atom. The third-order valence-electron chi connectivity index (χ3n) is 3.52. The minimum atomic E-state index is -0.521. The van der Waals surface area contributed by atoms with E-state index in [1.54, 1.807) is 0 Å². The van der Waals surface area contributed by atoms with Crippen LogP contribution in [0.2, 0.25) is 0 Å². The van der Waals surface area contributed by atoms with Crippen molar-refractivity contribution in [2.45, 2.75) is 57.3 Å². The summed E-state index contributed by atoms with van der Waals surface area (Å²) in [6, 6.07) is 0. The van der Waals surface area contributed by atoms with Crippen LogP contribution in [0.4, 0.5) is 0 Å². The molecule has 2 rings (SSSR count). The van der Waals surface area contributed by atoms with E-state index in [0.717, 1.165) is 19.3 Å². The normalized spacial score (nSPS) is 47.0. The molecular formula is C10H18O2. The molecule has 0 aromatic carbocycles. The van der Waals surface area contributed by atoms with Gasteiger partial charge in [0.25, 0.3) is 0 Å². The zero-order valence-electron chi connectivity index (χ0n) is 8.13. The molecule has 2 fully saturated rings. The highest BCUT2D eigenvalue weighted by atomic mass is 16.6. The Morgan fingerprint density at radius 2 is 2.17 bits per heavy atom. The summed E-state index contributed by atoms with van der Waals surface area (Å²) in [5, 5.41) is 9.81. The van der Waals surface area contributed by atoms with Gasteiger partial charge in [-0.2, -0.15) is 0 Å². The molecule has 1 aliphatic heterocycles. The van der Waals surface area contributed by atoms with Crippen molar-refractivity contribution in [1.29, 1.82) is 0 Å². The summed E-state index contributed by atoms with van der Waals surface area (Å²) in [5.41, 5.74) is -0.338. The maximum Gasteiger partial charge on any atom is 0.0920 e. The van der Waals surface area contributed by atoms with E-state index < -0.39 is 5.60 Å². The first kappa shape index (κ1) is 8.52. The highest BCUT2D eigenvalue weighted by molar-refractivity contribution is 5.05. The van der Waals surface area contributed by atoms with Crippen molar-refractivity contribution in [3.8, 4) is 0 Å². The summed E-state index contributed by atoms with van der Waals surface area (Å²) < 4.78 is 5.58. The van der Waals surface area contributed by atoms with Gasteiger partial charge in [0.1, 0.15) is 0 Å². The number of rotatable bonds is 1. The van der Waals surface area contributed by atoms with Crippen molar-refractivity contribution < 1.29 is 9.84 Å². The predicted molar refractivity (Wildman–Crippen MR) is 46.9 cm³/mol. The monoisotopic (exact) mass is 170 g/mol. The van der Waals surface area contributed by atoms with Gasteiger partial charge in [0.05, 0.1) is 17.3 Å². The molecule has 0 radical (unpaired) electrons. The smallest absolute Gasteiger partial charge is 0.0920 e. The number of hydrogen-bond donors (Lipinski definition) is 1. The molecule has 0 bridgehead atoms. The molecule has 2 aliphatic rings. The second-order valence-corrected chi connectivity index (χ2v) is 5.04. The Labute approximate surface area is 73.9 Å². The molecule has 0 amide bonds. The Hall–Kier alpha value is -0.0800. The minimum Gasteiger partial charge on any atom is -0.390 e. The predicted octanol–water partition coefficient (Wildman–Crippen LogP) is 1.71. The molecule has 70 valence electrons. The van der Waals surface area contributed by atoms with Crippen LogP contribution >= 0.6 is 0 Å². The Bertz CT molecular complexity index is 195. The number of hydrogen-bond acceptors (Lipinski definition) is 2. The van der Waals surface area contributed by atoms with Gasteiger partial charge in [0.2, 0.25) is 0 Å². The van der Waals surface area contributed by atoms with E-state index in [-0.39, 0.29) is 5.60 Å². The third-order valence-corrected chi connectivity index (χ3v) is 3.52. The lowest BCUT2D eigenvalue weighted by Crippen LogP contribution is -2.36. The average molecular weight is 170 g/mol. The molecule has 1 N–H and O–H groups in total. The summed E-state index contributed by atoms with van der Waals surface area (Å²) in [5.74, 6) is 0.429. The van der Waals surface area contributed by atoms with Crippen LogP contribution in [-0.2, 0) is 4.74 Å². The van der Waals surface area contributed by atoms with Gasteiger partial charge < -0.3 is 9.84 Å². The van der Waals surface area contributed by atoms with Crippen molar-refractivity contribution in [2.24, 2.45) is 5.92 Å². The highest BCUT2D eigenvalue weighted by Gasteiger charge is 2.56. The fraction of sp³-hybridized carbons (Fsp3) is 1.00. The molecule has 1 heterocycles. The van der Waals surface area contributed by atoms with E-state index >= 15 is 0 Å². The summed E-state index contributed by atoms with van der Waals surface area (Å²) in [6.07, 6.45) is 3.70. The van der Waals surface area contributed by atoms with Crippen LogP contribution in [0.15, 0.2) is 0 Å². The van der Waals surface area contributed by atoms with Crippen molar-refractivity contribution in [3.63, 3.8) is 0 Å². The van der Waals surface area contributed by atoms with Crippen LogP contribution in [0, 0.1) is 5.92 Å². The Balaban J connectivity index is 1.98. The van der Waals surface area contributed by atoms with Crippen molar-refractivity contribution >= 4 is 0 Å². The Morgan fingerprint density at radius 3 is 2.67 bits per heavy atom. The summed E-state index contributed by atoms with van der Waals surface area (Å²) in [4.78, 5) is 0. The fourth-order valence-corrected chi connectivity index (χ4v) is 2.29. The lowest BCUT2D eigenvalue weighted by atomic mass is 9.75. The van der Waals surface area contributed by atoms with E-state index in [9.17, 15) is 5.11 Å². The van der Waals surface area contributed by atoms with Crippen molar-refractivity contribution in [3.05, 3.63) is 0 Å². The third kappa shape index (κ3) is 1.27. The molecule has 3 atom stereocenters. The first-order valence-corrected chi connectivity index (χ1v) is 4.82. The van der Waals surface area contributed by atoms with Crippen LogP contribution in [0.1, 0.15) is 40.0 Å². The number of fused-ring (bicyclic) bond motifs is 1. The molecule has 0 unspecified atom stereocenters. The van der Waals surface area contributed by atoms with E-state index in [1.165, 1.54) is 0 Å². The van der Waals surface area contributed by atoms with Gasteiger partial charge in [-0.25, -0.2) is 0 Å². The molecule has 1 aliphatic carbocycles. The molecule has 2 nitrogen and oxygen atoms in total. The van der Waals surface area contributed by atoms with Gasteiger partial charge in [0.15, 0.2) is 0 Å². The van der Waals surface area contributed by atoms with Crippen molar-refractivity contribution in [2.75, 3.05) is 0 Å². The SMILES string of the molecule is CC(C)(O)[C@@H]1CC[C@]2(C)O[C@@H]2C1. The highest BCUT2D eigenvalue weighted by Crippen LogP contribution is 2.51. The lowest BCUT2D eigenvalue weighted by Gasteiger charge is -2.32. The molecule has 12 heavy (non-hydrogen) atoms.